The van der Waals surface area contributed by atoms with Crippen LogP contribution in [0.4, 0.5) is 0 Å². The van der Waals surface area contributed by atoms with Gasteiger partial charge in [0.15, 0.2) is 0 Å². The SMILES string of the molecule is CC(C)C[C@H](N)C(=O)N(CCC#N)Cc1ccco1. The summed E-state index contributed by atoms with van der Waals surface area (Å²) in [6, 6.07) is 5.11. The molecule has 1 heterocycles. The van der Waals surface area contributed by atoms with Crippen LogP contribution in [0, 0.1) is 17.2 Å². The van der Waals surface area contributed by atoms with E-state index in [4.69, 9.17) is 15.4 Å². The number of carbonyl (C=O) groups is 1. The zero-order chi connectivity index (χ0) is 14.3. The van der Waals surface area contributed by atoms with E-state index in [2.05, 4.69) is 0 Å². The van der Waals surface area contributed by atoms with Crippen LogP contribution in [-0.2, 0) is 11.3 Å². The Morgan fingerprint density at radius 1 is 1.58 bits per heavy atom. The normalized spacial score (nSPS) is 12.2. The van der Waals surface area contributed by atoms with Crippen molar-refractivity contribution in [2.45, 2.75) is 39.3 Å². The van der Waals surface area contributed by atoms with E-state index in [1.807, 2.05) is 19.9 Å². The molecule has 0 saturated carbocycles. The van der Waals surface area contributed by atoms with Crippen molar-refractivity contribution in [3.05, 3.63) is 24.2 Å². The van der Waals surface area contributed by atoms with Crippen molar-refractivity contribution < 1.29 is 9.21 Å². The molecule has 1 atom stereocenters. The van der Waals surface area contributed by atoms with E-state index in [9.17, 15) is 4.79 Å². The van der Waals surface area contributed by atoms with Gasteiger partial charge in [-0.15, -0.1) is 0 Å². The predicted molar refractivity (Wildman–Crippen MR) is 71.8 cm³/mol. The lowest BCUT2D eigenvalue weighted by molar-refractivity contribution is -0.133. The van der Waals surface area contributed by atoms with E-state index in [1.165, 1.54) is 0 Å². The van der Waals surface area contributed by atoms with Crippen LogP contribution in [-0.4, -0.2) is 23.4 Å². The van der Waals surface area contributed by atoms with Crippen LogP contribution in [0.3, 0.4) is 0 Å². The fourth-order valence-corrected chi connectivity index (χ4v) is 1.89. The largest absolute Gasteiger partial charge is 0.467 e. The number of rotatable bonds is 7. The average molecular weight is 263 g/mol. The van der Waals surface area contributed by atoms with E-state index < -0.39 is 6.04 Å². The molecule has 104 valence electrons. The Labute approximate surface area is 114 Å². The molecule has 1 aromatic heterocycles. The van der Waals surface area contributed by atoms with Crippen LogP contribution in [0.1, 0.15) is 32.4 Å². The maximum atomic E-state index is 12.3. The highest BCUT2D eigenvalue weighted by Gasteiger charge is 2.22. The number of nitrogens with zero attached hydrogens (tertiary/aromatic N) is 2. The molecule has 0 aliphatic heterocycles. The summed E-state index contributed by atoms with van der Waals surface area (Å²) in [5.41, 5.74) is 5.92. The maximum Gasteiger partial charge on any atom is 0.239 e. The van der Waals surface area contributed by atoms with Crippen molar-refractivity contribution in [1.82, 2.24) is 4.90 Å². The first-order valence-corrected chi connectivity index (χ1v) is 6.48. The highest BCUT2D eigenvalue weighted by molar-refractivity contribution is 5.81. The second-order valence-corrected chi connectivity index (χ2v) is 4.98. The lowest BCUT2D eigenvalue weighted by atomic mass is 10.0. The molecule has 0 aromatic carbocycles. The summed E-state index contributed by atoms with van der Waals surface area (Å²) in [5, 5.41) is 8.66. The minimum atomic E-state index is -0.520. The third-order valence-electron chi connectivity index (χ3n) is 2.77. The van der Waals surface area contributed by atoms with Gasteiger partial charge in [0.1, 0.15) is 5.76 Å². The first-order valence-electron chi connectivity index (χ1n) is 6.48. The molecular weight excluding hydrogens is 242 g/mol. The third kappa shape index (κ3) is 5.14. The van der Waals surface area contributed by atoms with Gasteiger partial charge in [-0.05, 0) is 24.5 Å². The van der Waals surface area contributed by atoms with Crippen LogP contribution in [0.5, 0.6) is 0 Å². The summed E-state index contributed by atoms with van der Waals surface area (Å²) in [6.07, 6.45) is 2.50. The Kier molecular flexibility index (Phi) is 6.10. The monoisotopic (exact) mass is 263 g/mol. The Hall–Kier alpha value is -1.80. The maximum absolute atomic E-state index is 12.3. The zero-order valence-corrected chi connectivity index (χ0v) is 11.5. The molecule has 0 saturated heterocycles. The lowest BCUT2D eigenvalue weighted by Gasteiger charge is -2.24. The molecule has 19 heavy (non-hydrogen) atoms. The topological polar surface area (TPSA) is 83.3 Å². The molecule has 0 unspecified atom stereocenters. The number of furan rings is 1. The quantitative estimate of drug-likeness (QED) is 0.814. The van der Waals surface area contributed by atoms with Crippen molar-refractivity contribution >= 4 is 5.91 Å². The molecule has 5 heteroatoms. The van der Waals surface area contributed by atoms with Crippen molar-refractivity contribution in [1.29, 1.82) is 5.26 Å². The Morgan fingerprint density at radius 3 is 2.84 bits per heavy atom. The minimum Gasteiger partial charge on any atom is -0.467 e. The fourth-order valence-electron chi connectivity index (χ4n) is 1.89. The summed E-state index contributed by atoms with van der Waals surface area (Å²) >= 11 is 0. The molecule has 0 radical (unpaired) electrons. The Balaban J connectivity index is 2.67. The molecule has 0 bridgehead atoms. The summed E-state index contributed by atoms with van der Waals surface area (Å²) in [4.78, 5) is 13.9. The molecule has 0 aliphatic rings. The molecule has 5 nitrogen and oxygen atoms in total. The van der Waals surface area contributed by atoms with Crippen LogP contribution < -0.4 is 5.73 Å². The molecule has 1 rings (SSSR count). The van der Waals surface area contributed by atoms with E-state index in [-0.39, 0.29) is 5.91 Å². The first kappa shape index (κ1) is 15.3. The smallest absolute Gasteiger partial charge is 0.239 e. The average Bonchev–Trinajstić information content (AvgIpc) is 2.85. The third-order valence-corrected chi connectivity index (χ3v) is 2.77. The van der Waals surface area contributed by atoms with E-state index >= 15 is 0 Å². The summed E-state index contributed by atoms with van der Waals surface area (Å²) in [7, 11) is 0. The van der Waals surface area contributed by atoms with E-state index in [1.54, 1.807) is 23.3 Å². The van der Waals surface area contributed by atoms with Gasteiger partial charge in [-0.2, -0.15) is 5.26 Å². The van der Waals surface area contributed by atoms with Gasteiger partial charge in [0.25, 0.3) is 0 Å². The number of hydrogen-bond acceptors (Lipinski definition) is 4. The summed E-state index contributed by atoms with van der Waals surface area (Å²) < 4.78 is 5.24. The predicted octanol–water partition coefficient (Wildman–Crippen LogP) is 1.90. The molecule has 0 spiro atoms. The Bertz CT molecular complexity index is 420. The highest BCUT2D eigenvalue weighted by atomic mass is 16.3. The van der Waals surface area contributed by atoms with Gasteiger partial charge in [-0.3, -0.25) is 4.79 Å². The highest BCUT2D eigenvalue weighted by Crippen LogP contribution is 2.11. The number of carbonyl (C=O) groups excluding carboxylic acids is 1. The van der Waals surface area contributed by atoms with Crippen LogP contribution in [0.15, 0.2) is 22.8 Å². The molecule has 0 fully saturated rings. The molecule has 0 aliphatic carbocycles. The number of amides is 1. The first-order chi connectivity index (χ1) is 9.04. The van der Waals surface area contributed by atoms with Crippen LogP contribution in [0.2, 0.25) is 0 Å². The van der Waals surface area contributed by atoms with Gasteiger partial charge in [0.2, 0.25) is 5.91 Å². The van der Waals surface area contributed by atoms with E-state index in [0.29, 0.717) is 37.6 Å². The molecule has 1 amide bonds. The zero-order valence-electron chi connectivity index (χ0n) is 11.5. The van der Waals surface area contributed by atoms with Gasteiger partial charge in [-0.25, -0.2) is 0 Å². The second-order valence-electron chi connectivity index (χ2n) is 4.98. The molecule has 1 aromatic rings. The van der Waals surface area contributed by atoms with Crippen molar-refractivity contribution in [3.63, 3.8) is 0 Å². The Morgan fingerprint density at radius 2 is 2.32 bits per heavy atom. The molecule has 2 N–H and O–H groups in total. The summed E-state index contributed by atoms with van der Waals surface area (Å²) in [6.45, 7) is 4.79. The van der Waals surface area contributed by atoms with E-state index in [0.717, 1.165) is 0 Å². The van der Waals surface area contributed by atoms with Gasteiger partial charge < -0.3 is 15.1 Å². The van der Waals surface area contributed by atoms with Crippen LogP contribution >= 0.6 is 0 Å². The fraction of sp³-hybridized carbons (Fsp3) is 0.571. The second kappa shape index (κ2) is 7.59. The molecular formula is C14H21N3O2. The van der Waals surface area contributed by atoms with Gasteiger partial charge in [0, 0.05) is 6.54 Å². The van der Waals surface area contributed by atoms with Crippen molar-refractivity contribution in [2.75, 3.05) is 6.54 Å². The van der Waals surface area contributed by atoms with Gasteiger partial charge in [0.05, 0.1) is 31.3 Å². The summed E-state index contributed by atoms with van der Waals surface area (Å²) in [5.74, 6) is 0.934. The van der Waals surface area contributed by atoms with Gasteiger partial charge in [-0.1, -0.05) is 13.8 Å². The number of hydrogen-bond donors (Lipinski definition) is 1. The van der Waals surface area contributed by atoms with Crippen molar-refractivity contribution in [3.8, 4) is 6.07 Å². The lowest BCUT2D eigenvalue weighted by Crippen LogP contribution is -2.44. The minimum absolute atomic E-state index is 0.125. The van der Waals surface area contributed by atoms with Crippen LogP contribution in [0.25, 0.3) is 0 Å². The number of nitrogens with two attached hydrogens (primary N) is 1. The standard InChI is InChI=1S/C14H21N3O2/c1-11(2)9-13(16)14(18)17(7-4-6-15)10-12-5-3-8-19-12/h3,5,8,11,13H,4,7,9-10,16H2,1-2H3/t13-/m0/s1. The van der Waals surface area contributed by atoms with Gasteiger partial charge >= 0.3 is 0 Å². The number of nitriles is 1. The van der Waals surface area contributed by atoms with Crippen molar-refractivity contribution in [2.24, 2.45) is 11.7 Å².